The van der Waals surface area contributed by atoms with E-state index in [4.69, 9.17) is 4.74 Å². The number of thiazole rings is 1. The molecule has 3 rings (SSSR count). The number of anilines is 1. The highest BCUT2D eigenvalue weighted by molar-refractivity contribution is 7.17. The molecule has 0 radical (unpaired) electrons. The molecule has 0 spiro atoms. The number of amides is 1. The van der Waals surface area contributed by atoms with Gasteiger partial charge in [-0.05, 0) is 24.0 Å². The number of aromatic nitrogens is 1. The summed E-state index contributed by atoms with van der Waals surface area (Å²) in [6, 6.07) is 5.45. The van der Waals surface area contributed by atoms with Gasteiger partial charge >= 0.3 is 0 Å². The summed E-state index contributed by atoms with van der Waals surface area (Å²) in [6.07, 6.45) is 1.17. The Labute approximate surface area is 153 Å². The second-order valence-corrected chi connectivity index (χ2v) is 7.82. The Hall–Kier alpha value is -2.81. The minimum Gasteiger partial charge on any atom is -0.484 e. The number of fused-ring (bicyclic) bond motifs is 1. The molecule has 0 aliphatic heterocycles. The van der Waals surface area contributed by atoms with Crippen molar-refractivity contribution in [3.05, 3.63) is 45.0 Å². The number of nitro groups is 1. The number of nitro benzene ring substituents is 1. The molecular formula is C17H17N3O5S. The smallest absolute Gasteiger partial charge is 0.269 e. The maximum absolute atomic E-state index is 12.2. The number of rotatable bonds is 5. The second kappa shape index (κ2) is 6.83. The summed E-state index contributed by atoms with van der Waals surface area (Å²) in [5.41, 5.74) is 0.545. The lowest BCUT2D eigenvalue weighted by Crippen LogP contribution is -2.26. The van der Waals surface area contributed by atoms with Crippen molar-refractivity contribution in [2.24, 2.45) is 5.41 Å². The van der Waals surface area contributed by atoms with Crippen LogP contribution in [-0.2, 0) is 11.2 Å². The first kappa shape index (κ1) is 18.0. The molecule has 26 heavy (non-hydrogen) atoms. The van der Waals surface area contributed by atoms with Gasteiger partial charge < -0.3 is 4.74 Å². The van der Waals surface area contributed by atoms with Crippen LogP contribution >= 0.6 is 11.3 Å². The lowest BCUT2D eigenvalue weighted by Gasteiger charge is -2.26. The highest BCUT2D eigenvalue weighted by atomic mass is 32.1. The maximum Gasteiger partial charge on any atom is 0.269 e. The first-order valence-electron chi connectivity index (χ1n) is 7.93. The van der Waals surface area contributed by atoms with Gasteiger partial charge in [0.15, 0.2) is 17.5 Å². The molecule has 136 valence electrons. The van der Waals surface area contributed by atoms with Gasteiger partial charge in [-0.2, -0.15) is 0 Å². The van der Waals surface area contributed by atoms with E-state index in [0.717, 1.165) is 5.69 Å². The van der Waals surface area contributed by atoms with E-state index in [2.05, 4.69) is 10.3 Å². The third-order valence-electron chi connectivity index (χ3n) is 3.90. The number of ether oxygens (including phenoxy) is 1. The highest BCUT2D eigenvalue weighted by Gasteiger charge is 2.34. The minimum atomic E-state index is -0.511. The van der Waals surface area contributed by atoms with Crippen molar-refractivity contribution in [2.45, 2.75) is 26.7 Å². The Balaban J connectivity index is 1.59. The fourth-order valence-electron chi connectivity index (χ4n) is 2.74. The van der Waals surface area contributed by atoms with E-state index in [1.54, 1.807) is 0 Å². The number of non-ortho nitro benzene ring substituents is 1. The van der Waals surface area contributed by atoms with Crippen LogP contribution in [0.4, 0.5) is 10.8 Å². The third-order valence-corrected chi connectivity index (χ3v) is 4.95. The summed E-state index contributed by atoms with van der Waals surface area (Å²) < 4.78 is 5.31. The van der Waals surface area contributed by atoms with E-state index in [1.807, 2.05) is 13.8 Å². The average Bonchev–Trinajstić information content (AvgIpc) is 2.94. The van der Waals surface area contributed by atoms with Crippen molar-refractivity contribution < 1.29 is 19.2 Å². The maximum atomic E-state index is 12.2. The Bertz CT molecular complexity index is 873. The molecule has 1 aromatic heterocycles. The molecule has 0 atom stereocenters. The van der Waals surface area contributed by atoms with Crippen LogP contribution in [0.15, 0.2) is 24.3 Å². The molecule has 2 aromatic rings. The fourth-order valence-corrected chi connectivity index (χ4v) is 3.68. The molecule has 1 heterocycles. The Kier molecular flexibility index (Phi) is 4.73. The molecule has 0 saturated heterocycles. The van der Waals surface area contributed by atoms with Crippen LogP contribution in [0, 0.1) is 15.5 Å². The minimum absolute atomic E-state index is 0.0522. The number of carbonyl (C=O) groups is 2. The van der Waals surface area contributed by atoms with E-state index in [9.17, 15) is 19.7 Å². The van der Waals surface area contributed by atoms with E-state index in [1.165, 1.54) is 35.6 Å². The van der Waals surface area contributed by atoms with Crippen LogP contribution in [-0.4, -0.2) is 28.2 Å². The van der Waals surface area contributed by atoms with Crippen molar-refractivity contribution in [3.63, 3.8) is 0 Å². The van der Waals surface area contributed by atoms with Gasteiger partial charge in [0.05, 0.1) is 15.5 Å². The normalized spacial score (nSPS) is 15.2. The van der Waals surface area contributed by atoms with Crippen LogP contribution in [0.1, 0.15) is 35.6 Å². The van der Waals surface area contributed by atoms with Crippen molar-refractivity contribution in [1.29, 1.82) is 0 Å². The van der Waals surface area contributed by atoms with Gasteiger partial charge in [-0.3, -0.25) is 25.0 Å². The molecule has 9 heteroatoms. The zero-order valence-corrected chi connectivity index (χ0v) is 15.1. The molecule has 1 aromatic carbocycles. The molecule has 1 aliphatic carbocycles. The Morgan fingerprint density at radius 2 is 2.04 bits per heavy atom. The lowest BCUT2D eigenvalue weighted by molar-refractivity contribution is -0.384. The van der Waals surface area contributed by atoms with E-state index in [-0.39, 0.29) is 23.5 Å². The molecule has 8 nitrogen and oxygen atoms in total. The predicted molar refractivity (Wildman–Crippen MR) is 95.8 cm³/mol. The van der Waals surface area contributed by atoms with Crippen LogP contribution < -0.4 is 10.1 Å². The van der Waals surface area contributed by atoms with E-state index >= 15 is 0 Å². The summed E-state index contributed by atoms with van der Waals surface area (Å²) in [5, 5.41) is 13.6. The number of carbonyl (C=O) groups excluding carboxylic acids is 2. The van der Waals surface area contributed by atoms with E-state index < -0.39 is 10.8 Å². The molecule has 0 saturated carbocycles. The zero-order chi connectivity index (χ0) is 18.9. The predicted octanol–water partition coefficient (Wildman–Crippen LogP) is 3.22. The van der Waals surface area contributed by atoms with Gasteiger partial charge in [-0.15, -0.1) is 0 Å². The topological polar surface area (TPSA) is 111 Å². The monoisotopic (exact) mass is 375 g/mol. The Morgan fingerprint density at radius 3 is 2.69 bits per heavy atom. The molecular weight excluding hydrogens is 358 g/mol. The molecule has 1 amide bonds. The van der Waals surface area contributed by atoms with Crippen molar-refractivity contribution in [1.82, 2.24) is 4.98 Å². The van der Waals surface area contributed by atoms with Crippen LogP contribution in [0.25, 0.3) is 0 Å². The standard InChI is InChI=1S/C17H17N3O5S/c1-17(2)7-12-15(13(21)8-17)26-16(18-12)19-14(22)9-25-11-5-3-10(4-6-11)20(23)24/h3-6H,7-9H2,1-2H3,(H,18,19,22). The number of hydrogen-bond acceptors (Lipinski definition) is 7. The first-order valence-corrected chi connectivity index (χ1v) is 8.75. The number of nitrogens with zero attached hydrogens (tertiary/aromatic N) is 2. The summed E-state index contributed by atoms with van der Waals surface area (Å²) in [4.78, 5) is 39.2. The second-order valence-electron chi connectivity index (χ2n) is 6.82. The van der Waals surface area contributed by atoms with E-state index in [0.29, 0.717) is 28.6 Å². The number of benzene rings is 1. The molecule has 0 bridgehead atoms. The van der Waals surface area contributed by atoms with Crippen LogP contribution in [0.2, 0.25) is 0 Å². The molecule has 0 fully saturated rings. The van der Waals surface area contributed by atoms with Crippen molar-refractivity contribution in [3.8, 4) is 5.75 Å². The van der Waals surface area contributed by atoms with Gasteiger partial charge in [0.2, 0.25) is 0 Å². The fraction of sp³-hybridized carbons (Fsp3) is 0.353. The van der Waals surface area contributed by atoms with Gasteiger partial charge in [-0.25, -0.2) is 4.98 Å². The van der Waals surface area contributed by atoms with Gasteiger partial charge in [-0.1, -0.05) is 25.2 Å². The number of Topliss-reactive ketones (excluding diaryl/α,β-unsaturated/α-hetero) is 1. The molecule has 1 N–H and O–H groups in total. The van der Waals surface area contributed by atoms with Crippen molar-refractivity contribution >= 4 is 33.8 Å². The number of nitrogens with one attached hydrogen (secondary N) is 1. The summed E-state index contributed by atoms with van der Waals surface area (Å²) >= 11 is 1.18. The number of ketones is 1. The van der Waals surface area contributed by atoms with Gasteiger partial charge in [0, 0.05) is 18.6 Å². The summed E-state index contributed by atoms with van der Waals surface area (Å²) in [5.74, 6) is -0.0151. The average molecular weight is 375 g/mol. The van der Waals surface area contributed by atoms with Crippen molar-refractivity contribution in [2.75, 3.05) is 11.9 Å². The van der Waals surface area contributed by atoms with Gasteiger partial charge in [0.25, 0.3) is 11.6 Å². The SMILES string of the molecule is CC1(C)CC(=O)c2sc(NC(=O)COc3ccc([N+](=O)[O-])cc3)nc2C1. The quantitative estimate of drug-likeness (QED) is 0.634. The highest BCUT2D eigenvalue weighted by Crippen LogP contribution is 2.38. The van der Waals surface area contributed by atoms with Gasteiger partial charge in [0.1, 0.15) is 5.75 Å². The Morgan fingerprint density at radius 1 is 1.35 bits per heavy atom. The summed E-state index contributed by atoms with van der Waals surface area (Å²) in [7, 11) is 0. The molecule has 1 aliphatic rings. The number of hydrogen-bond donors (Lipinski definition) is 1. The third kappa shape index (κ3) is 4.05. The lowest BCUT2D eigenvalue weighted by atomic mass is 9.78. The summed E-state index contributed by atoms with van der Waals surface area (Å²) in [6.45, 7) is 3.77. The van der Waals surface area contributed by atoms with Crippen LogP contribution in [0.5, 0.6) is 5.75 Å². The van der Waals surface area contributed by atoms with Crippen LogP contribution in [0.3, 0.4) is 0 Å². The zero-order valence-electron chi connectivity index (χ0n) is 14.3. The largest absolute Gasteiger partial charge is 0.484 e. The first-order chi connectivity index (χ1) is 12.2. The molecule has 0 unspecified atom stereocenters.